The molecule has 1 aromatic carbocycles. The maximum atomic E-state index is 9.32. The van der Waals surface area contributed by atoms with E-state index in [1.807, 2.05) is 24.3 Å². The molecule has 1 aromatic heterocycles. The van der Waals surface area contributed by atoms with Crippen molar-refractivity contribution in [2.45, 2.75) is 45.7 Å². The first kappa shape index (κ1) is 15.8. The van der Waals surface area contributed by atoms with Crippen LogP contribution in [0.2, 0.25) is 0 Å². The summed E-state index contributed by atoms with van der Waals surface area (Å²) >= 11 is 0. The molecule has 0 saturated heterocycles. The maximum absolute atomic E-state index is 9.32. The Labute approximate surface area is 138 Å². The lowest BCUT2D eigenvalue weighted by atomic mass is 9.87. The number of fused-ring (bicyclic) bond motifs is 1. The summed E-state index contributed by atoms with van der Waals surface area (Å²) < 4.78 is 2.12. The number of nitriles is 1. The van der Waals surface area contributed by atoms with Gasteiger partial charge in [-0.1, -0.05) is 39.0 Å². The van der Waals surface area contributed by atoms with E-state index in [2.05, 4.69) is 43.5 Å². The summed E-state index contributed by atoms with van der Waals surface area (Å²) in [6, 6.07) is 10.1. The molecule has 0 bridgehead atoms. The van der Waals surface area contributed by atoms with Crippen LogP contribution in [0.15, 0.2) is 24.3 Å². The van der Waals surface area contributed by atoms with E-state index in [9.17, 15) is 5.26 Å². The quantitative estimate of drug-likeness (QED) is 0.856. The molecule has 0 radical (unpaired) electrons. The number of aromatic nitrogens is 2. The summed E-state index contributed by atoms with van der Waals surface area (Å²) in [4.78, 5) is 2.35. The van der Waals surface area contributed by atoms with E-state index in [1.165, 1.54) is 17.0 Å². The second kappa shape index (κ2) is 5.82. The smallest absolute Gasteiger partial charge is 0.0995 e. The standard InChI is InChI=1S/C19H24N4/c1-19(2,3)18-16-13-22(4)10-9-17(16)23(21-18)12-15-8-6-5-7-14(15)11-20/h5-8H,9-10,12-13H2,1-4H3. The van der Waals surface area contributed by atoms with Crippen LogP contribution in [0.4, 0.5) is 0 Å². The second-order valence-electron chi connectivity index (χ2n) is 7.44. The van der Waals surface area contributed by atoms with Crippen LogP contribution >= 0.6 is 0 Å². The Balaban J connectivity index is 2.05. The Hall–Kier alpha value is -2.12. The van der Waals surface area contributed by atoms with Gasteiger partial charge < -0.3 is 4.90 Å². The molecule has 0 unspecified atom stereocenters. The third kappa shape index (κ3) is 3.02. The molecule has 0 aliphatic carbocycles. The fourth-order valence-electron chi connectivity index (χ4n) is 3.29. The van der Waals surface area contributed by atoms with Crippen molar-refractivity contribution in [2.24, 2.45) is 0 Å². The summed E-state index contributed by atoms with van der Waals surface area (Å²) in [6.45, 7) is 9.35. The van der Waals surface area contributed by atoms with Gasteiger partial charge in [0.15, 0.2) is 0 Å². The van der Waals surface area contributed by atoms with Crippen molar-refractivity contribution < 1.29 is 0 Å². The fourth-order valence-corrected chi connectivity index (χ4v) is 3.29. The summed E-state index contributed by atoms with van der Waals surface area (Å²) in [7, 11) is 2.16. The predicted octanol–water partition coefficient (Wildman–Crippen LogP) is 3.09. The van der Waals surface area contributed by atoms with Crippen molar-refractivity contribution in [3.63, 3.8) is 0 Å². The summed E-state index contributed by atoms with van der Waals surface area (Å²) in [5.74, 6) is 0. The van der Waals surface area contributed by atoms with Crippen LogP contribution in [-0.2, 0) is 24.9 Å². The SMILES string of the molecule is CN1CCc2c(c(C(C)(C)C)nn2Cc2ccccc2C#N)C1. The first-order valence-electron chi connectivity index (χ1n) is 8.15. The zero-order chi connectivity index (χ0) is 16.6. The topological polar surface area (TPSA) is 44.9 Å². The highest BCUT2D eigenvalue weighted by Gasteiger charge is 2.29. The van der Waals surface area contributed by atoms with E-state index in [4.69, 9.17) is 5.10 Å². The average molecular weight is 308 g/mol. The molecule has 4 nitrogen and oxygen atoms in total. The van der Waals surface area contributed by atoms with Gasteiger partial charge in [0.05, 0.1) is 23.9 Å². The Morgan fingerprint density at radius 2 is 2.00 bits per heavy atom. The molecule has 0 atom stereocenters. The van der Waals surface area contributed by atoms with Gasteiger partial charge in [-0.2, -0.15) is 10.4 Å². The van der Waals surface area contributed by atoms with E-state index in [0.29, 0.717) is 6.54 Å². The number of nitrogens with zero attached hydrogens (tertiary/aromatic N) is 4. The molecule has 4 heteroatoms. The van der Waals surface area contributed by atoms with E-state index in [0.717, 1.165) is 30.6 Å². The molecule has 1 aliphatic heterocycles. The van der Waals surface area contributed by atoms with Crippen LogP contribution in [0.1, 0.15) is 48.8 Å². The zero-order valence-electron chi connectivity index (χ0n) is 14.4. The van der Waals surface area contributed by atoms with Crippen LogP contribution in [0.5, 0.6) is 0 Å². The Morgan fingerprint density at radius 1 is 1.26 bits per heavy atom. The Kier molecular flexibility index (Phi) is 3.99. The largest absolute Gasteiger partial charge is 0.302 e. The minimum absolute atomic E-state index is 0.0300. The van der Waals surface area contributed by atoms with Crippen LogP contribution in [0.3, 0.4) is 0 Å². The summed E-state index contributed by atoms with van der Waals surface area (Å²) in [6.07, 6.45) is 1.02. The summed E-state index contributed by atoms with van der Waals surface area (Å²) in [5, 5.41) is 14.3. The van der Waals surface area contributed by atoms with Gasteiger partial charge in [0.25, 0.3) is 0 Å². The lowest BCUT2D eigenvalue weighted by molar-refractivity contribution is 0.306. The molecular formula is C19H24N4. The van der Waals surface area contributed by atoms with Gasteiger partial charge in [-0.25, -0.2) is 0 Å². The first-order chi connectivity index (χ1) is 10.9. The molecule has 0 spiro atoms. The average Bonchev–Trinajstić information content (AvgIpc) is 2.86. The van der Waals surface area contributed by atoms with Gasteiger partial charge in [0.1, 0.15) is 0 Å². The molecule has 0 N–H and O–H groups in total. The summed E-state index contributed by atoms with van der Waals surface area (Å²) in [5.41, 5.74) is 5.71. The third-order valence-electron chi connectivity index (χ3n) is 4.49. The molecule has 2 heterocycles. The van der Waals surface area contributed by atoms with Crippen molar-refractivity contribution in [3.8, 4) is 6.07 Å². The van der Waals surface area contributed by atoms with Crippen molar-refractivity contribution in [1.29, 1.82) is 5.26 Å². The van der Waals surface area contributed by atoms with Gasteiger partial charge in [0, 0.05) is 36.2 Å². The number of benzene rings is 1. The van der Waals surface area contributed by atoms with Crippen molar-refractivity contribution in [2.75, 3.05) is 13.6 Å². The molecular weight excluding hydrogens is 284 g/mol. The zero-order valence-corrected chi connectivity index (χ0v) is 14.4. The molecule has 0 fully saturated rings. The van der Waals surface area contributed by atoms with Crippen LogP contribution < -0.4 is 0 Å². The Morgan fingerprint density at radius 3 is 2.70 bits per heavy atom. The number of rotatable bonds is 2. The molecule has 0 saturated carbocycles. The van der Waals surface area contributed by atoms with Gasteiger partial charge >= 0.3 is 0 Å². The van der Waals surface area contributed by atoms with Crippen LogP contribution in [-0.4, -0.2) is 28.3 Å². The van der Waals surface area contributed by atoms with Crippen LogP contribution in [0, 0.1) is 11.3 Å². The number of likely N-dealkylation sites (N-methyl/N-ethyl adjacent to an activating group) is 1. The van der Waals surface area contributed by atoms with E-state index < -0.39 is 0 Å². The minimum Gasteiger partial charge on any atom is -0.302 e. The lowest BCUT2D eigenvalue weighted by Crippen LogP contribution is -2.29. The fraction of sp³-hybridized carbons (Fsp3) is 0.474. The highest BCUT2D eigenvalue weighted by atomic mass is 15.3. The van der Waals surface area contributed by atoms with E-state index in [-0.39, 0.29) is 5.41 Å². The van der Waals surface area contributed by atoms with Crippen molar-refractivity contribution in [3.05, 3.63) is 52.3 Å². The van der Waals surface area contributed by atoms with Gasteiger partial charge in [-0.15, -0.1) is 0 Å². The molecule has 1 aliphatic rings. The Bertz CT molecular complexity index is 759. The molecule has 120 valence electrons. The van der Waals surface area contributed by atoms with Gasteiger partial charge in [-0.05, 0) is 18.7 Å². The predicted molar refractivity (Wildman–Crippen MR) is 91.2 cm³/mol. The minimum atomic E-state index is 0.0300. The van der Waals surface area contributed by atoms with Crippen molar-refractivity contribution in [1.82, 2.24) is 14.7 Å². The molecule has 0 amide bonds. The van der Waals surface area contributed by atoms with Crippen molar-refractivity contribution >= 4 is 0 Å². The van der Waals surface area contributed by atoms with Gasteiger partial charge in [-0.3, -0.25) is 4.68 Å². The monoisotopic (exact) mass is 308 g/mol. The van der Waals surface area contributed by atoms with Gasteiger partial charge in [0.2, 0.25) is 0 Å². The van der Waals surface area contributed by atoms with E-state index in [1.54, 1.807) is 0 Å². The van der Waals surface area contributed by atoms with Crippen LogP contribution in [0.25, 0.3) is 0 Å². The molecule has 2 aromatic rings. The third-order valence-corrected chi connectivity index (χ3v) is 4.49. The molecule has 3 rings (SSSR count). The maximum Gasteiger partial charge on any atom is 0.0995 e. The highest BCUT2D eigenvalue weighted by Crippen LogP contribution is 2.31. The second-order valence-corrected chi connectivity index (χ2v) is 7.44. The van der Waals surface area contributed by atoms with E-state index >= 15 is 0 Å². The first-order valence-corrected chi connectivity index (χ1v) is 8.15. The molecule has 23 heavy (non-hydrogen) atoms. The highest BCUT2D eigenvalue weighted by molar-refractivity contribution is 5.39. The normalized spacial score (nSPS) is 15.3. The number of hydrogen-bond acceptors (Lipinski definition) is 3. The lowest BCUT2D eigenvalue weighted by Gasteiger charge is -2.26. The number of hydrogen-bond donors (Lipinski definition) is 0.